The van der Waals surface area contributed by atoms with Crippen LogP contribution in [0.15, 0.2) is 48.5 Å². The van der Waals surface area contributed by atoms with E-state index in [0.29, 0.717) is 0 Å². The molecule has 0 saturated heterocycles. The first-order chi connectivity index (χ1) is 10.3. The number of benzene rings is 2. The van der Waals surface area contributed by atoms with E-state index in [-0.39, 0.29) is 6.04 Å². The van der Waals surface area contributed by atoms with Crippen molar-refractivity contribution in [2.75, 3.05) is 13.2 Å². The standard InChI is InChI=1S/C18H22INO/c1-3-12-21-17-11-6-5-10-16(17)18(20-4-2)14-8-7-9-15(19)13-14/h5-11,13,18,20H,3-4,12H2,1-2H3. The molecule has 1 atom stereocenters. The van der Waals surface area contributed by atoms with Crippen LogP contribution in [0.4, 0.5) is 0 Å². The summed E-state index contributed by atoms with van der Waals surface area (Å²) >= 11 is 2.36. The van der Waals surface area contributed by atoms with Crippen LogP contribution in [0.3, 0.4) is 0 Å². The van der Waals surface area contributed by atoms with Crippen LogP contribution in [0.5, 0.6) is 5.75 Å². The predicted molar refractivity (Wildman–Crippen MR) is 96.9 cm³/mol. The van der Waals surface area contributed by atoms with Gasteiger partial charge < -0.3 is 10.1 Å². The van der Waals surface area contributed by atoms with Gasteiger partial charge in [-0.05, 0) is 59.3 Å². The number of hydrogen-bond acceptors (Lipinski definition) is 2. The Hall–Kier alpha value is -1.07. The number of nitrogens with one attached hydrogen (secondary N) is 1. The van der Waals surface area contributed by atoms with Crippen molar-refractivity contribution >= 4 is 22.6 Å². The van der Waals surface area contributed by atoms with Crippen LogP contribution in [-0.4, -0.2) is 13.2 Å². The number of hydrogen-bond donors (Lipinski definition) is 1. The molecule has 3 heteroatoms. The van der Waals surface area contributed by atoms with Crippen LogP contribution in [0, 0.1) is 3.57 Å². The summed E-state index contributed by atoms with van der Waals surface area (Å²) in [5.41, 5.74) is 2.48. The Bertz CT molecular complexity index is 571. The van der Waals surface area contributed by atoms with Gasteiger partial charge in [-0.2, -0.15) is 0 Å². The lowest BCUT2D eigenvalue weighted by Crippen LogP contribution is -2.22. The number of halogens is 1. The molecule has 0 spiro atoms. The minimum Gasteiger partial charge on any atom is -0.493 e. The summed E-state index contributed by atoms with van der Waals surface area (Å²) < 4.78 is 7.17. The second-order valence-electron chi connectivity index (χ2n) is 4.93. The summed E-state index contributed by atoms with van der Waals surface area (Å²) in [6.45, 7) is 5.93. The first-order valence-corrected chi connectivity index (χ1v) is 8.54. The van der Waals surface area contributed by atoms with Crippen LogP contribution in [0.25, 0.3) is 0 Å². The third-order valence-electron chi connectivity index (χ3n) is 3.28. The first-order valence-electron chi connectivity index (χ1n) is 7.46. The third-order valence-corrected chi connectivity index (χ3v) is 3.95. The van der Waals surface area contributed by atoms with E-state index < -0.39 is 0 Å². The second-order valence-corrected chi connectivity index (χ2v) is 6.18. The fourth-order valence-corrected chi connectivity index (χ4v) is 2.93. The molecule has 0 radical (unpaired) electrons. The van der Waals surface area contributed by atoms with Gasteiger partial charge >= 0.3 is 0 Å². The molecule has 0 aliphatic heterocycles. The maximum absolute atomic E-state index is 5.92. The predicted octanol–water partition coefficient (Wildman–Crippen LogP) is 4.78. The summed E-state index contributed by atoms with van der Waals surface area (Å²) in [7, 11) is 0. The van der Waals surface area contributed by atoms with Gasteiger partial charge in [0, 0.05) is 9.13 Å². The highest BCUT2D eigenvalue weighted by atomic mass is 127. The highest BCUT2D eigenvalue weighted by Gasteiger charge is 2.17. The van der Waals surface area contributed by atoms with E-state index in [1.807, 2.05) is 6.07 Å². The first kappa shape index (κ1) is 16.3. The molecule has 0 aromatic heterocycles. The average Bonchev–Trinajstić information content (AvgIpc) is 2.51. The Balaban J connectivity index is 2.38. The molecule has 2 rings (SSSR count). The van der Waals surface area contributed by atoms with Crippen LogP contribution in [0.1, 0.15) is 37.4 Å². The third kappa shape index (κ3) is 4.45. The van der Waals surface area contributed by atoms with E-state index in [9.17, 15) is 0 Å². The van der Waals surface area contributed by atoms with Gasteiger partial charge in [-0.25, -0.2) is 0 Å². The lowest BCUT2D eigenvalue weighted by Gasteiger charge is -2.22. The van der Waals surface area contributed by atoms with Crippen LogP contribution >= 0.6 is 22.6 Å². The van der Waals surface area contributed by atoms with E-state index in [1.165, 1.54) is 14.7 Å². The van der Waals surface area contributed by atoms with Gasteiger partial charge in [0.1, 0.15) is 5.75 Å². The summed E-state index contributed by atoms with van der Waals surface area (Å²) in [4.78, 5) is 0. The van der Waals surface area contributed by atoms with E-state index in [1.54, 1.807) is 0 Å². The number of para-hydroxylation sites is 1. The van der Waals surface area contributed by atoms with Crippen molar-refractivity contribution in [3.05, 3.63) is 63.2 Å². The minimum absolute atomic E-state index is 0.165. The molecule has 0 fully saturated rings. The molecule has 112 valence electrons. The molecular formula is C18H22INO. The fourth-order valence-electron chi connectivity index (χ4n) is 2.36. The maximum Gasteiger partial charge on any atom is 0.124 e. The van der Waals surface area contributed by atoms with Gasteiger partial charge in [0.25, 0.3) is 0 Å². The molecule has 21 heavy (non-hydrogen) atoms. The normalized spacial score (nSPS) is 12.1. The van der Waals surface area contributed by atoms with Crippen molar-refractivity contribution < 1.29 is 4.74 Å². The molecular weight excluding hydrogens is 373 g/mol. The summed E-state index contributed by atoms with van der Waals surface area (Å²) in [5, 5.41) is 3.58. The summed E-state index contributed by atoms with van der Waals surface area (Å²) in [6, 6.07) is 17.1. The van der Waals surface area contributed by atoms with E-state index >= 15 is 0 Å². The maximum atomic E-state index is 5.92. The molecule has 2 nitrogen and oxygen atoms in total. The molecule has 0 aliphatic carbocycles. The Morgan fingerprint density at radius 2 is 1.90 bits per heavy atom. The van der Waals surface area contributed by atoms with Gasteiger partial charge in [0.2, 0.25) is 0 Å². The Kier molecular flexibility index (Phi) is 6.51. The lowest BCUT2D eigenvalue weighted by molar-refractivity contribution is 0.312. The SMILES string of the molecule is CCCOc1ccccc1C(NCC)c1cccc(I)c1. The van der Waals surface area contributed by atoms with Gasteiger partial charge in [-0.1, -0.05) is 44.2 Å². The molecule has 2 aromatic rings. The quantitative estimate of drug-likeness (QED) is 0.682. The molecule has 0 aliphatic rings. The van der Waals surface area contributed by atoms with Crippen LogP contribution < -0.4 is 10.1 Å². The lowest BCUT2D eigenvalue weighted by atomic mass is 9.98. The van der Waals surface area contributed by atoms with Gasteiger partial charge in [-0.3, -0.25) is 0 Å². The smallest absolute Gasteiger partial charge is 0.124 e. The molecule has 0 heterocycles. The Labute approximate surface area is 141 Å². The monoisotopic (exact) mass is 395 g/mol. The zero-order valence-electron chi connectivity index (χ0n) is 12.6. The van der Waals surface area contributed by atoms with E-state index in [4.69, 9.17) is 4.74 Å². The largest absolute Gasteiger partial charge is 0.493 e. The fraction of sp³-hybridized carbons (Fsp3) is 0.333. The highest BCUT2D eigenvalue weighted by molar-refractivity contribution is 14.1. The zero-order chi connectivity index (χ0) is 15.1. The Morgan fingerprint density at radius 3 is 2.62 bits per heavy atom. The van der Waals surface area contributed by atoms with Gasteiger partial charge in [0.15, 0.2) is 0 Å². The molecule has 1 N–H and O–H groups in total. The van der Waals surface area contributed by atoms with E-state index in [2.05, 4.69) is 84.2 Å². The highest BCUT2D eigenvalue weighted by Crippen LogP contribution is 2.30. The zero-order valence-corrected chi connectivity index (χ0v) is 14.8. The number of ether oxygens (including phenoxy) is 1. The average molecular weight is 395 g/mol. The van der Waals surface area contributed by atoms with Crippen LogP contribution in [-0.2, 0) is 0 Å². The topological polar surface area (TPSA) is 21.3 Å². The molecule has 0 saturated carbocycles. The van der Waals surface area contributed by atoms with Crippen LogP contribution in [0.2, 0.25) is 0 Å². The van der Waals surface area contributed by atoms with Crippen molar-refractivity contribution in [2.24, 2.45) is 0 Å². The van der Waals surface area contributed by atoms with Crippen molar-refractivity contribution in [3.63, 3.8) is 0 Å². The molecule has 0 amide bonds. The van der Waals surface area contributed by atoms with Crippen molar-refractivity contribution in [1.29, 1.82) is 0 Å². The van der Waals surface area contributed by atoms with Crippen molar-refractivity contribution in [3.8, 4) is 5.75 Å². The van der Waals surface area contributed by atoms with Gasteiger partial charge in [0.05, 0.1) is 12.6 Å². The van der Waals surface area contributed by atoms with Gasteiger partial charge in [-0.15, -0.1) is 0 Å². The Morgan fingerprint density at radius 1 is 1.10 bits per heavy atom. The van der Waals surface area contributed by atoms with Crippen molar-refractivity contribution in [2.45, 2.75) is 26.3 Å². The van der Waals surface area contributed by atoms with Crippen molar-refractivity contribution in [1.82, 2.24) is 5.32 Å². The summed E-state index contributed by atoms with van der Waals surface area (Å²) in [5.74, 6) is 0.976. The molecule has 2 aromatic carbocycles. The minimum atomic E-state index is 0.165. The summed E-state index contributed by atoms with van der Waals surface area (Å²) in [6.07, 6.45) is 1.02. The van der Waals surface area contributed by atoms with E-state index in [0.717, 1.165) is 25.3 Å². The molecule has 0 bridgehead atoms. The second kappa shape index (κ2) is 8.39. The number of rotatable bonds is 7. The molecule has 1 unspecified atom stereocenters.